The minimum absolute atomic E-state index is 0.106. The number of anilines is 1. The van der Waals surface area contributed by atoms with Gasteiger partial charge >= 0.3 is 0 Å². The summed E-state index contributed by atoms with van der Waals surface area (Å²) in [4.78, 5) is 12.9. The lowest BCUT2D eigenvalue weighted by Gasteiger charge is -2.33. The molecule has 1 aliphatic rings. The summed E-state index contributed by atoms with van der Waals surface area (Å²) in [5.41, 5.74) is 1.73. The van der Waals surface area contributed by atoms with E-state index in [-0.39, 0.29) is 16.7 Å². The van der Waals surface area contributed by atoms with Gasteiger partial charge in [0.2, 0.25) is 0 Å². The van der Waals surface area contributed by atoms with Crippen molar-refractivity contribution in [2.45, 2.75) is 32.4 Å². The van der Waals surface area contributed by atoms with E-state index >= 15 is 0 Å². The second kappa shape index (κ2) is 6.87. The maximum Gasteiger partial charge on any atom is 0.292 e. The Labute approximate surface area is 124 Å². The number of aliphatic hydroxyl groups is 1. The van der Waals surface area contributed by atoms with E-state index in [0.29, 0.717) is 11.6 Å². The highest BCUT2D eigenvalue weighted by molar-refractivity contribution is 5.62. The molecule has 0 amide bonds. The molecule has 1 heterocycles. The number of aliphatic hydroxyl groups excluding tert-OH is 1. The highest BCUT2D eigenvalue weighted by atomic mass is 16.6. The maximum absolute atomic E-state index is 10.9. The largest absolute Gasteiger partial charge is 0.393 e. The first-order valence-corrected chi connectivity index (χ1v) is 7.36. The molecule has 0 aromatic heterocycles. The minimum atomic E-state index is -0.371. The predicted octanol–water partition coefficient (Wildman–Crippen LogP) is 2.23. The summed E-state index contributed by atoms with van der Waals surface area (Å²) in [7, 11) is 1.69. The summed E-state index contributed by atoms with van der Waals surface area (Å²) in [6, 6.07) is 5.22. The molecule has 0 saturated carbocycles. The van der Waals surface area contributed by atoms with Crippen LogP contribution in [0.4, 0.5) is 11.4 Å². The predicted molar refractivity (Wildman–Crippen MR) is 82.3 cm³/mol. The Morgan fingerprint density at radius 1 is 1.48 bits per heavy atom. The first-order chi connectivity index (χ1) is 10.0. The van der Waals surface area contributed by atoms with Crippen molar-refractivity contribution in [3.8, 4) is 0 Å². The van der Waals surface area contributed by atoms with Crippen molar-refractivity contribution in [1.29, 1.82) is 0 Å². The lowest BCUT2D eigenvalue weighted by molar-refractivity contribution is -0.384. The summed E-state index contributed by atoms with van der Waals surface area (Å²) in [6.07, 6.45) is 1.77. The molecule has 1 atom stereocenters. The third-order valence-corrected chi connectivity index (χ3v) is 4.25. The van der Waals surface area contributed by atoms with Gasteiger partial charge in [-0.25, -0.2) is 0 Å². The number of piperidine rings is 1. The van der Waals surface area contributed by atoms with Gasteiger partial charge in [-0.3, -0.25) is 15.0 Å². The number of hydrogen-bond donors (Lipinski definition) is 2. The topological polar surface area (TPSA) is 78.6 Å². The molecule has 0 aliphatic carbocycles. The summed E-state index contributed by atoms with van der Waals surface area (Å²) >= 11 is 0. The van der Waals surface area contributed by atoms with Gasteiger partial charge in [-0.05, 0) is 50.4 Å². The number of likely N-dealkylation sites (tertiary alicyclic amines) is 1. The summed E-state index contributed by atoms with van der Waals surface area (Å²) < 4.78 is 0. The van der Waals surface area contributed by atoms with Crippen molar-refractivity contribution in [3.63, 3.8) is 0 Å². The van der Waals surface area contributed by atoms with Crippen LogP contribution < -0.4 is 5.32 Å². The lowest BCUT2D eigenvalue weighted by atomic mass is 9.92. The van der Waals surface area contributed by atoms with Crippen molar-refractivity contribution in [2.75, 3.05) is 25.5 Å². The average Bonchev–Trinajstić information content (AvgIpc) is 2.47. The van der Waals surface area contributed by atoms with Crippen molar-refractivity contribution in [1.82, 2.24) is 4.90 Å². The quantitative estimate of drug-likeness (QED) is 0.643. The molecule has 1 saturated heterocycles. The molecule has 0 spiro atoms. The first kappa shape index (κ1) is 15.7. The number of rotatable bonds is 5. The Morgan fingerprint density at radius 3 is 2.67 bits per heavy atom. The third kappa shape index (κ3) is 3.92. The van der Waals surface area contributed by atoms with Crippen LogP contribution in [0.25, 0.3) is 0 Å². The molecule has 1 fully saturated rings. The van der Waals surface area contributed by atoms with E-state index in [1.807, 2.05) is 19.1 Å². The molecule has 1 aromatic rings. The van der Waals surface area contributed by atoms with Crippen molar-refractivity contribution >= 4 is 11.4 Å². The van der Waals surface area contributed by atoms with Crippen LogP contribution in [-0.2, 0) is 6.54 Å². The average molecular weight is 293 g/mol. The Balaban J connectivity index is 1.99. The molecule has 116 valence electrons. The molecular formula is C15H23N3O3. The van der Waals surface area contributed by atoms with Gasteiger partial charge in [0, 0.05) is 19.7 Å². The van der Waals surface area contributed by atoms with E-state index in [1.54, 1.807) is 13.1 Å². The fourth-order valence-corrected chi connectivity index (χ4v) is 2.89. The fourth-order valence-electron chi connectivity index (χ4n) is 2.89. The van der Waals surface area contributed by atoms with Gasteiger partial charge in [-0.15, -0.1) is 0 Å². The molecule has 2 N–H and O–H groups in total. The number of hydrogen-bond acceptors (Lipinski definition) is 5. The standard InChI is InChI=1S/C15H23N3O3/c1-11(19)13-5-7-17(8-6-13)10-12-3-4-15(18(20)21)14(9-12)16-2/h3-4,9,11,13,16,19H,5-8,10H2,1-2H3. The van der Waals surface area contributed by atoms with Crippen LogP contribution in [0.15, 0.2) is 18.2 Å². The van der Waals surface area contributed by atoms with E-state index in [9.17, 15) is 15.2 Å². The van der Waals surface area contributed by atoms with Crippen LogP contribution in [0, 0.1) is 16.0 Å². The Kier molecular flexibility index (Phi) is 5.14. The van der Waals surface area contributed by atoms with E-state index in [4.69, 9.17) is 0 Å². The van der Waals surface area contributed by atoms with Crippen LogP contribution in [-0.4, -0.2) is 41.2 Å². The lowest BCUT2D eigenvalue weighted by Crippen LogP contribution is -2.36. The van der Waals surface area contributed by atoms with Gasteiger partial charge in [0.1, 0.15) is 5.69 Å². The first-order valence-electron chi connectivity index (χ1n) is 7.36. The van der Waals surface area contributed by atoms with Crippen LogP contribution in [0.2, 0.25) is 0 Å². The summed E-state index contributed by atoms with van der Waals surface area (Å²) in [5, 5.41) is 23.4. The van der Waals surface area contributed by atoms with Gasteiger partial charge in [-0.1, -0.05) is 6.07 Å². The second-order valence-electron chi connectivity index (χ2n) is 5.71. The zero-order chi connectivity index (χ0) is 15.4. The van der Waals surface area contributed by atoms with Crippen LogP contribution >= 0.6 is 0 Å². The minimum Gasteiger partial charge on any atom is -0.393 e. The smallest absolute Gasteiger partial charge is 0.292 e. The molecular weight excluding hydrogens is 270 g/mol. The molecule has 6 nitrogen and oxygen atoms in total. The van der Waals surface area contributed by atoms with Gasteiger partial charge < -0.3 is 10.4 Å². The number of nitrogens with one attached hydrogen (secondary N) is 1. The Hall–Kier alpha value is -1.66. The fraction of sp³-hybridized carbons (Fsp3) is 0.600. The highest BCUT2D eigenvalue weighted by Crippen LogP contribution is 2.27. The highest BCUT2D eigenvalue weighted by Gasteiger charge is 2.23. The van der Waals surface area contributed by atoms with Gasteiger partial charge in [0.15, 0.2) is 0 Å². The van der Waals surface area contributed by atoms with Gasteiger partial charge in [-0.2, -0.15) is 0 Å². The Morgan fingerprint density at radius 2 is 2.14 bits per heavy atom. The Bertz CT molecular complexity index is 497. The molecule has 0 bridgehead atoms. The van der Waals surface area contributed by atoms with E-state index in [1.165, 1.54) is 0 Å². The van der Waals surface area contributed by atoms with Crippen LogP contribution in [0.1, 0.15) is 25.3 Å². The number of nitro benzene ring substituents is 1. The van der Waals surface area contributed by atoms with Gasteiger partial charge in [0.05, 0.1) is 11.0 Å². The SMILES string of the molecule is CNc1cc(CN2CCC(C(C)O)CC2)ccc1[N+](=O)[O-]. The van der Waals surface area contributed by atoms with Crippen LogP contribution in [0.3, 0.4) is 0 Å². The van der Waals surface area contributed by atoms with Gasteiger partial charge in [0.25, 0.3) is 5.69 Å². The molecule has 2 rings (SSSR count). The zero-order valence-corrected chi connectivity index (χ0v) is 12.6. The third-order valence-electron chi connectivity index (χ3n) is 4.25. The summed E-state index contributed by atoms with van der Waals surface area (Å²) in [5.74, 6) is 0.394. The number of nitrogens with zero attached hydrogens (tertiary/aromatic N) is 2. The normalized spacial score (nSPS) is 18.4. The van der Waals surface area contributed by atoms with E-state index < -0.39 is 0 Å². The van der Waals surface area contributed by atoms with Crippen molar-refractivity contribution in [2.24, 2.45) is 5.92 Å². The van der Waals surface area contributed by atoms with E-state index in [2.05, 4.69) is 10.2 Å². The molecule has 1 aliphatic heterocycles. The zero-order valence-electron chi connectivity index (χ0n) is 12.6. The molecule has 21 heavy (non-hydrogen) atoms. The molecule has 6 heteroatoms. The molecule has 1 unspecified atom stereocenters. The van der Waals surface area contributed by atoms with Crippen molar-refractivity contribution in [3.05, 3.63) is 33.9 Å². The number of nitro groups is 1. The summed E-state index contributed by atoms with van der Waals surface area (Å²) in [6.45, 7) is 4.57. The number of benzene rings is 1. The second-order valence-corrected chi connectivity index (χ2v) is 5.71. The van der Waals surface area contributed by atoms with Crippen molar-refractivity contribution < 1.29 is 10.0 Å². The van der Waals surface area contributed by atoms with Crippen LogP contribution in [0.5, 0.6) is 0 Å². The monoisotopic (exact) mass is 293 g/mol. The van der Waals surface area contributed by atoms with E-state index in [0.717, 1.165) is 38.0 Å². The maximum atomic E-state index is 10.9. The molecule has 0 radical (unpaired) electrons. The molecule has 1 aromatic carbocycles.